The first-order valence-electron chi connectivity index (χ1n) is 12.8. The van der Waals surface area contributed by atoms with Crippen LogP contribution in [0.3, 0.4) is 0 Å². The molecule has 0 unspecified atom stereocenters. The fourth-order valence-corrected chi connectivity index (χ4v) is 6.43. The first kappa shape index (κ1) is 34.8. The van der Waals surface area contributed by atoms with E-state index < -0.39 is 83.5 Å². The molecule has 238 valence electrons. The van der Waals surface area contributed by atoms with Crippen molar-refractivity contribution in [3.63, 3.8) is 0 Å². The average Bonchev–Trinajstić information content (AvgIpc) is 2.95. The van der Waals surface area contributed by atoms with Gasteiger partial charge in [-0.3, -0.25) is 0 Å². The minimum absolute atomic E-state index is 0.0720. The highest BCUT2D eigenvalue weighted by Gasteiger charge is 2.20. The first-order valence-corrected chi connectivity index (χ1v) is 18.4. The SMILES string of the molecule is Cc1ccc(S(=O)(=O)CCOC(=O)COc2ccc(S(=O)(=O)Cl)cc2OCC(=O)OCCS(=O)(=O)c2ccc(C)cc2)cc1. The van der Waals surface area contributed by atoms with Crippen molar-refractivity contribution in [1.29, 1.82) is 0 Å². The summed E-state index contributed by atoms with van der Waals surface area (Å²) >= 11 is 0. The van der Waals surface area contributed by atoms with Gasteiger partial charge in [-0.05, 0) is 50.2 Å². The predicted molar refractivity (Wildman–Crippen MR) is 159 cm³/mol. The molecule has 0 N–H and O–H groups in total. The molecule has 3 rings (SSSR count). The molecule has 0 saturated heterocycles. The van der Waals surface area contributed by atoms with Gasteiger partial charge in [-0.2, -0.15) is 0 Å². The monoisotopic (exact) mass is 688 g/mol. The van der Waals surface area contributed by atoms with E-state index in [1.54, 1.807) is 24.3 Å². The largest absolute Gasteiger partial charge is 0.478 e. The maximum Gasteiger partial charge on any atom is 0.344 e. The van der Waals surface area contributed by atoms with Crippen molar-refractivity contribution in [3.8, 4) is 11.5 Å². The summed E-state index contributed by atoms with van der Waals surface area (Å²) in [7, 11) is -6.23. The van der Waals surface area contributed by atoms with Crippen molar-refractivity contribution < 1.29 is 53.8 Å². The topological polar surface area (TPSA) is 173 Å². The van der Waals surface area contributed by atoms with Gasteiger partial charge in [0.2, 0.25) is 0 Å². The van der Waals surface area contributed by atoms with Crippen molar-refractivity contribution in [2.45, 2.75) is 28.5 Å². The lowest BCUT2D eigenvalue weighted by molar-refractivity contribution is -0.146. The summed E-state index contributed by atoms with van der Waals surface area (Å²) in [6.45, 7) is 1.22. The van der Waals surface area contributed by atoms with Gasteiger partial charge in [0.1, 0.15) is 13.2 Å². The number of benzene rings is 3. The maximum atomic E-state index is 12.4. The van der Waals surface area contributed by atoms with Gasteiger partial charge in [-0.1, -0.05) is 35.4 Å². The van der Waals surface area contributed by atoms with Gasteiger partial charge in [-0.25, -0.2) is 34.8 Å². The van der Waals surface area contributed by atoms with Gasteiger partial charge >= 0.3 is 11.9 Å². The van der Waals surface area contributed by atoms with Crippen molar-refractivity contribution in [2.24, 2.45) is 0 Å². The molecule has 0 aromatic heterocycles. The van der Waals surface area contributed by atoms with Crippen molar-refractivity contribution in [1.82, 2.24) is 0 Å². The first-order chi connectivity index (χ1) is 20.6. The number of hydrogen-bond donors (Lipinski definition) is 0. The van der Waals surface area contributed by atoms with Crippen LogP contribution in [0.25, 0.3) is 0 Å². The molecule has 0 heterocycles. The molecule has 16 heteroatoms. The maximum absolute atomic E-state index is 12.4. The second-order valence-electron chi connectivity index (χ2n) is 9.33. The molecule has 12 nitrogen and oxygen atoms in total. The zero-order valence-corrected chi connectivity index (χ0v) is 26.8. The van der Waals surface area contributed by atoms with E-state index in [2.05, 4.69) is 0 Å². The summed E-state index contributed by atoms with van der Waals surface area (Å²) in [6, 6.07) is 15.5. The zero-order chi connectivity index (χ0) is 32.5. The van der Waals surface area contributed by atoms with Crippen molar-refractivity contribution in [2.75, 3.05) is 37.9 Å². The van der Waals surface area contributed by atoms with E-state index in [0.29, 0.717) is 0 Å². The van der Waals surface area contributed by atoms with E-state index in [9.17, 15) is 34.8 Å². The van der Waals surface area contributed by atoms with Crippen LogP contribution in [-0.2, 0) is 47.8 Å². The van der Waals surface area contributed by atoms with E-state index in [-0.39, 0.29) is 21.3 Å². The minimum Gasteiger partial charge on any atom is -0.478 e. The third-order valence-corrected chi connectivity index (χ3v) is 10.6. The van der Waals surface area contributed by atoms with Crippen LogP contribution in [0.15, 0.2) is 81.4 Å². The number of halogens is 1. The highest BCUT2D eigenvalue weighted by Crippen LogP contribution is 2.31. The molecule has 3 aromatic carbocycles. The molecule has 0 radical (unpaired) electrons. The number of carbonyl (C=O) groups is 2. The lowest BCUT2D eigenvalue weighted by atomic mass is 10.2. The standard InChI is InChI=1S/C28H29ClO12S3/c1-20-3-7-22(8-4-20)42(32,33)15-13-38-27(30)18-40-25-12-11-24(44(29,36)37)17-26(25)41-19-28(31)39-14-16-43(34,35)23-9-5-21(2)6-10-23/h3-12,17H,13-16,18-19H2,1-2H3. The van der Waals surface area contributed by atoms with E-state index in [1.165, 1.54) is 24.3 Å². The third-order valence-electron chi connectivity index (χ3n) is 5.88. The lowest BCUT2D eigenvalue weighted by Gasteiger charge is -2.13. The molecule has 3 aromatic rings. The highest BCUT2D eigenvalue weighted by molar-refractivity contribution is 8.13. The fraction of sp³-hybridized carbons (Fsp3) is 0.286. The van der Waals surface area contributed by atoms with Crippen LogP contribution in [0.1, 0.15) is 11.1 Å². The van der Waals surface area contributed by atoms with Gasteiger partial charge in [0, 0.05) is 16.7 Å². The Morgan fingerprint density at radius 1 is 0.591 bits per heavy atom. The molecule has 0 aliphatic carbocycles. The van der Waals surface area contributed by atoms with Gasteiger partial charge in [0.15, 0.2) is 44.4 Å². The molecule has 0 fully saturated rings. The summed E-state index contributed by atoms with van der Waals surface area (Å²) in [5, 5.41) is 0. The van der Waals surface area contributed by atoms with E-state index in [4.69, 9.17) is 29.6 Å². The number of ether oxygens (including phenoxy) is 4. The number of aryl methyl sites for hydroxylation is 2. The second-order valence-corrected chi connectivity index (χ2v) is 16.1. The number of carbonyl (C=O) groups excluding carboxylic acids is 2. The second kappa shape index (κ2) is 14.9. The van der Waals surface area contributed by atoms with Crippen LogP contribution in [-0.4, -0.2) is 75.1 Å². The summed E-state index contributed by atoms with van der Waals surface area (Å²) < 4.78 is 93.8. The fourth-order valence-electron chi connectivity index (χ4n) is 3.49. The summed E-state index contributed by atoms with van der Waals surface area (Å²) in [5.41, 5.74) is 1.76. The smallest absolute Gasteiger partial charge is 0.344 e. The van der Waals surface area contributed by atoms with Crippen LogP contribution >= 0.6 is 10.7 Å². The van der Waals surface area contributed by atoms with Crippen LogP contribution in [0.5, 0.6) is 11.5 Å². The van der Waals surface area contributed by atoms with Crippen LogP contribution in [0, 0.1) is 13.8 Å². The Hall–Kier alpha value is -3.66. The molecular weight excluding hydrogens is 660 g/mol. The molecule has 0 aliphatic heterocycles. The summed E-state index contributed by atoms with van der Waals surface area (Å²) in [5.74, 6) is -3.32. The van der Waals surface area contributed by atoms with Gasteiger partial charge in [-0.15, -0.1) is 0 Å². The zero-order valence-electron chi connectivity index (χ0n) is 23.6. The molecule has 0 saturated carbocycles. The van der Waals surface area contributed by atoms with E-state index >= 15 is 0 Å². The number of sulfone groups is 2. The Balaban J connectivity index is 1.55. The van der Waals surface area contributed by atoms with Crippen LogP contribution in [0.2, 0.25) is 0 Å². The van der Waals surface area contributed by atoms with Crippen LogP contribution in [0.4, 0.5) is 0 Å². The Bertz CT molecular complexity index is 1800. The van der Waals surface area contributed by atoms with Gasteiger partial charge in [0.05, 0.1) is 26.2 Å². The Morgan fingerprint density at radius 2 is 0.977 bits per heavy atom. The molecule has 44 heavy (non-hydrogen) atoms. The normalized spacial score (nSPS) is 11.9. The molecule has 0 spiro atoms. The van der Waals surface area contributed by atoms with E-state index in [0.717, 1.165) is 29.3 Å². The summed E-state index contributed by atoms with van der Waals surface area (Å²) in [6.07, 6.45) is 0. The third kappa shape index (κ3) is 10.5. The number of esters is 2. The predicted octanol–water partition coefficient (Wildman–Crippen LogP) is 3.02. The Kier molecular flexibility index (Phi) is 11.8. The molecule has 0 aliphatic rings. The van der Waals surface area contributed by atoms with Crippen LogP contribution < -0.4 is 9.47 Å². The summed E-state index contributed by atoms with van der Waals surface area (Å²) in [4.78, 5) is 24.1. The molecule has 0 atom stereocenters. The number of hydrogen-bond acceptors (Lipinski definition) is 12. The minimum atomic E-state index is -4.22. The van der Waals surface area contributed by atoms with Gasteiger partial charge in [0.25, 0.3) is 9.05 Å². The van der Waals surface area contributed by atoms with E-state index in [1.807, 2.05) is 13.8 Å². The quantitative estimate of drug-likeness (QED) is 0.169. The molecule has 0 amide bonds. The highest BCUT2D eigenvalue weighted by atomic mass is 35.7. The number of rotatable bonds is 15. The lowest BCUT2D eigenvalue weighted by Crippen LogP contribution is -2.21. The Morgan fingerprint density at radius 3 is 1.39 bits per heavy atom. The molecular formula is C28H29ClO12S3. The molecule has 0 bridgehead atoms. The van der Waals surface area contributed by atoms with Crippen molar-refractivity contribution >= 4 is 51.3 Å². The van der Waals surface area contributed by atoms with Gasteiger partial charge < -0.3 is 18.9 Å². The average molecular weight is 689 g/mol. The Labute approximate surface area is 260 Å². The van der Waals surface area contributed by atoms with Crippen molar-refractivity contribution in [3.05, 3.63) is 77.9 Å².